The average molecular weight is 269 g/mol. The van der Waals surface area contributed by atoms with Crippen molar-refractivity contribution >= 4 is 5.91 Å². The van der Waals surface area contributed by atoms with Crippen molar-refractivity contribution in [2.24, 2.45) is 11.1 Å². The van der Waals surface area contributed by atoms with E-state index in [1.807, 2.05) is 0 Å². The highest BCUT2D eigenvalue weighted by Gasteiger charge is 2.23. The Bertz CT molecular complexity index is 279. The van der Waals surface area contributed by atoms with Gasteiger partial charge in [0.05, 0.1) is 0 Å². The Balaban J connectivity index is 2.21. The van der Waals surface area contributed by atoms with Crippen LogP contribution >= 0.6 is 0 Å². The average Bonchev–Trinajstić information content (AvgIpc) is 2.81. The molecule has 0 aliphatic carbocycles. The first kappa shape index (κ1) is 16.4. The molecule has 1 aliphatic heterocycles. The van der Waals surface area contributed by atoms with Gasteiger partial charge in [-0.15, -0.1) is 0 Å². The van der Waals surface area contributed by atoms with Gasteiger partial charge in [-0.25, -0.2) is 0 Å². The minimum absolute atomic E-state index is 0.175. The van der Waals surface area contributed by atoms with Crippen LogP contribution in [0.25, 0.3) is 0 Å². The zero-order valence-corrected chi connectivity index (χ0v) is 12.9. The zero-order valence-electron chi connectivity index (χ0n) is 12.9. The maximum absolute atomic E-state index is 11.9. The van der Waals surface area contributed by atoms with Gasteiger partial charge in [-0.05, 0) is 50.7 Å². The van der Waals surface area contributed by atoms with Gasteiger partial charge in [0.15, 0.2) is 0 Å². The monoisotopic (exact) mass is 269 g/mol. The molecule has 112 valence electrons. The Morgan fingerprint density at radius 2 is 2.16 bits per heavy atom. The molecular weight excluding hydrogens is 238 g/mol. The van der Waals surface area contributed by atoms with Gasteiger partial charge in [-0.2, -0.15) is 0 Å². The SMILES string of the molecule is CCN1CCCC1CNC(=O)CCC(C)(C)CCN. The number of nitrogens with two attached hydrogens (primary N) is 1. The molecule has 4 heteroatoms. The number of likely N-dealkylation sites (N-methyl/N-ethyl adjacent to an activating group) is 1. The molecule has 0 bridgehead atoms. The Kier molecular flexibility index (Phi) is 6.80. The smallest absolute Gasteiger partial charge is 0.220 e. The molecule has 1 saturated heterocycles. The van der Waals surface area contributed by atoms with Crippen LogP contribution in [0.3, 0.4) is 0 Å². The summed E-state index contributed by atoms with van der Waals surface area (Å²) in [6.45, 7) is 10.3. The highest BCUT2D eigenvalue weighted by molar-refractivity contribution is 5.75. The molecule has 1 fully saturated rings. The van der Waals surface area contributed by atoms with Gasteiger partial charge in [-0.1, -0.05) is 20.8 Å². The molecule has 0 aromatic carbocycles. The van der Waals surface area contributed by atoms with Gasteiger partial charge in [0.25, 0.3) is 0 Å². The van der Waals surface area contributed by atoms with Gasteiger partial charge in [-0.3, -0.25) is 9.69 Å². The third-order valence-corrected chi connectivity index (χ3v) is 4.29. The summed E-state index contributed by atoms with van der Waals surface area (Å²) in [5.74, 6) is 0.188. The van der Waals surface area contributed by atoms with E-state index >= 15 is 0 Å². The summed E-state index contributed by atoms with van der Waals surface area (Å²) in [6.07, 6.45) is 4.99. The molecule has 1 amide bonds. The minimum Gasteiger partial charge on any atom is -0.355 e. The number of amides is 1. The predicted octanol–water partition coefficient (Wildman–Crippen LogP) is 1.74. The summed E-state index contributed by atoms with van der Waals surface area (Å²) in [5.41, 5.74) is 5.76. The standard InChI is InChI=1S/C15H31N3O/c1-4-18-11-5-6-13(18)12-17-14(19)7-8-15(2,3)9-10-16/h13H,4-12,16H2,1-3H3,(H,17,19). The van der Waals surface area contributed by atoms with E-state index in [-0.39, 0.29) is 11.3 Å². The molecule has 1 atom stereocenters. The maximum atomic E-state index is 11.9. The number of carbonyl (C=O) groups excluding carboxylic acids is 1. The van der Waals surface area contributed by atoms with Crippen molar-refractivity contribution in [1.29, 1.82) is 0 Å². The summed E-state index contributed by atoms with van der Waals surface area (Å²) in [6, 6.07) is 0.547. The highest BCUT2D eigenvalue weighted by Crippen LogP contribution is 2.25. The van der Waals surface area contributed by atoms with E-state index in [0.717, 1.165) is 25.9 Å². The van der Waals surface area contributed by atoms with Crippen LogP contribution in [0.15, 0.2) is 0 Å². The normalized spacial score (nSPS) is 20.7. The fourth-order valence-corrected chi connectivity index (χ4v) is 2.83. The van der Waals surface area contributed by atoms with Crippen LogP contribution in [0.4, 0.5) is 0 Å². The second-order valence-electron chi connectivity index (χ2n) is 6.43. The number of likely N-dealkylation sites (tertiary alicyclic amines) is 1. The number of carbonyl (C=O) groups is 1. The minimum atomic E-state index is 0.175. The number of rotatable bonds is 8. The molecule has 0 radical (unpaired) electrons. The first-order chi connectivity index (χ1) is 8.98. The van der Waals surface area contributed by atoms with Crippen molar-refractivity contribution < 1.29 is 4.79 Å². The number of hydrogen-bond donors (Lipinski definition) is 2. The molecule has 1 heterocycles. The van der Waals surface area contributed by atoms with Crippen molar-refractivity contribution in [2.45, 2.75) is 58.9 Å². The van der Waals surface area contributed by atoms with Gasteiger partial charge < -0.3 is 11.1 Å². The van der Waals surface area contributed by atoms with E-state index < -0.39 is 0 Å². The van der Waals surface area contributed by atoms with E-state index in [1.54, 1.807) is 0 Å². The second-order valence-corrected chi connectivity index (χ2v) is 6.43. The molecule has 1 rings (SSSR count). The lowest BCUT2D eigenvalue weighted by Crippen LogP contribution is -2.40. The largest absolute Gasteiger partial charge is 0.355 e. The van der Waals surface area contributed by atoms with Gasteiger partial charge in [0.2, 0.25) is 5.91 Å². The van der Waals surface area contributed by atoms with Crippen molar-refractivity contribution in [1.82, 2.24) is 10.2 Å². The van der Waals surface area contributed by atoms with E-state index in [4.69, 9.17) is 5.73 Å². The lowest BCUT2D eigenvalue weighted by molar-refractivity contribution is -0.121. The van der Waals surface area contributed by atoms with Crippen LogP contribution in [-0.2, 0) is 4.79 Å². The Labute approximate surface area is 118 Å². The van der Waals surface area contributed by atoms with Crippen molar-refractivity contribution in [3.05, 3.63) is 0 Å². The van der Waals surface area contributed by atoms with Crippen LogP contribution in [0.2, 0.25) is 0 Å². The van der Waals surface area contributed by atoms with Gasteiger partial charge in [0, 0.05) is 19.0 Å². The van der Waals surface area contributed by atoms with Gasteiger partial charge >= 0.3 is 0 Å². The molecule has 0 saturated carbocycles. The van der Waals surface area contributed by atoms with Crippen LogP contribution in [0.1, 0.15) is 52.9 Å². The number of nitrogens with one attached hydrogen (secondary N) is 1. The summed E-state index contributed by atoms with van der Waals surface area (Å²) in [4.78, 5) is 14.3. The molecule has 4 nitrogen and oxygen atoms in total. The van der Waals surface area contributed by atoms with Crippen LogP contribution in [0.5, 0.6) is 0 Å². The molecule has 0 spiro atoms. The van der Waals surface area contributed by atoms with E-state index in [2.05, 4.69) is 31.0 Å². The first-order valence-corrected chi connectivity index (χ1v) is 7.69. The Morgan fingerprint density at radius 1 is 1.42 bits per heavy atom. The van der Waals surface area contributed by atoms with Gasteiger partial charge in [0.1, 0.15) is 0 Å². The first-order valence-electron chi connectivity index (χ1n) is 7.69. The lowest BCUT2D eigenvalue weighted by Gasteiger charge is -2.25. The predicted molar refractivity (Wildman–Crippen MR) is 80.0 cm³/mol. The van der Waals surface area contributed by atoms with Crippen LogP contribution in [0, 0.1) is 5.41 Å². The highest BCUT2D eigenvalue weighted by atomic mass is 16.1. The lowest BCUT2D eigenvalue weighted by atomic mass is 9.84. The fraction of sp³-hybridized carbons (Fsp3) is 0.933. The molecule has 19 heavy (non-hydrogen) atoms. The zero-order chi connectivity index (χ0) is 14.3. The summed E-state index contributed by atoms with van der Waals surface area (Å²) >= 11 is 0. The third-order valence-electron chi connectivity index (χ3n) is 4.29. The third kappa shape index (κ3) is 5.91. The topological polar surface area (TPSA) is 58.4 Å². The quantitative estimate of drug-likeness (QED) is 0.706. The van der Waals surface area contributed by atoms with Crippen LogP contribution < -0.4 is 11.1 Å². The Morgan fingerprint density at radius 3 is 2.79 bits per heavy atom. The summed E-state index contributed by atoms with van der Waals surface area (Å²) < 4.78 is 0. The van der Waals surface area contributed by atoms with Crippen molar-refractivity contribution in [3.8, 4) is 0 Å². The molecule has 0 aromatic heterocycles. The number of hydrogen-bond acceptors (Lipinski definition) is 3. The molecular formula is C15H31N3O. The summed E-state index contributed by atoms with van der Waals surface area (Å²) in [5, 5.41) is 3.09. The molecule has 1 unspecified atom stereocenters. The van der Waals surface area contributed by atoms with Crippen LogP contribution in [-0.4, -0.2) is 43.0 Å². The second kappa shape index (κ2) is 7.85. The maximum Gasteiger partial charge on any atom is 0.220 e. The van der Waals surface area contributed by atoms with Crippen molar-refractivity contribution in [2.75, 3.05) is 26.2 Å². The molecule has 0 aromatic rings. The molecule has 1 aliphatic rings. The van der Waals surface area contributed by atoms with E-state index in [0.29, 0.717) is 19.0 Å². The van der Waals surface area contributed by atoms with Crippen molar-refractivity contribution in [3.63, 3.8) is 0 Å². The Hall–Kier alpha value is -0.610. The fourth-order valence-electron chi connectivity index (χ4n) is 2.83. The van der Waals surface area contributed by atoms with E-state index in [1.165, 1.54) is 19.4 Å². The van der Waals surface area contributed by atoms with E-state index in [9.17, 15) is 4.79 Å². The number of nitrogens with zero attached hydrogens (tertiary/aromatic N) is 1. The molecule has 3 N–H and O–H groups in total. The summed E-state index contributed by atoms with van der Waals surface area (Å²) in [7, 11) is 0.